The van der Waals surface area contributed by atoms with Crippen molar-refractivity contribution < 1.29 is 19.4 Å². The number of pyridine rings is 2. The van der Waals surface area contributed by atoms with E-state index >= 15 is 0 Å². The number of hydrogen-bond acceptors (Lipinski definition) is 8. The van der Waals surface area contributed by atoms with Crippen molar-refractivity contribution in [2.24, 2.45) is 0 Å². The van der Waals surface area contributed by atoms with Crippen molar-refractivity contribution in [2.45, 2.75) is 13.1 Å². The van der Waals surface area contributed by atoms with Crippen LogP contribution in [-0.4, -0.2) is 44.1 Å². The van der Waals surface area contributed by atoms with E-state index in [9.17, 15) is 19.8 Å². The van der Waals surface area contributed by atoms with Crippen molar-refractivity contribution in [1.82, 2.24) is 14.9 Å². The standard InChI is InChI=1S/C34H28N4O5.4ClH/c39-25-8-11-28-31(18-25)43-32-19-26(40)9-12-29(32)33(28)30-17-22(7-10-27(30)34(41)42)37-15-16-38(20-23-5-1-3-13-35-23)21-24-6-2-4-14-36-24;;;;/h1-14,17-19,37,39H,15-16,20-21H2,(H,41,42);4*1H. The predicted octanol–water partition coefficient (Wildman–Crippen LogP) is 7.56. The van der Waals surface area contributed by atoms with Crippen molar-refractivity contribution in [3.63, 3.8) is 0 Å². The first-order valence-electron chi connectivity index (χ1n) is 13.8. The number of carboxylic acid groups (broad SMARTS) is 1. The third-order valence-corrected chi connectivity index (χ3v) is 7.18. The molecule has 0 unspecified atom stereocenters. The van der Waals surface area contributed by atoms with E-state index in [4.69, 9.17) is 4.42 Å². The van der Waals surface area contributed by atoms with Crippen molar-refractivity contribution >= 4 is 72.3 Å². The summed E-state index contributed by atoms with van der Waals surface area (Å²) in [6.45, 7) is 2.53. The van der Waals surface area contributed by atoms with Gasteiger partial charge >= 0.3 is 5.97 Å². The summed E-state index contributed by atoms with van der Waals surface area (Å²) >= 11 is 0. The zero-order valence-electron chi connectivity index (χ0n) is 24.7. The lowest BCUT2D eigenvalue weighted by Crippen LogP contribution is -2.29. The quantitative estimate of drug-likeness (QED) is 0.123. The van der Waals surface area contributed by atoms with Gasteiger partial charge in [-0.25, -0.2) is 4.79 Å². The van der Waals surface area contributed by atoms with Gasteiger partial charge in [-0.1, -0.05) is 12.1 Å². The molecule has 47 heavy (non-hydrogen) atoms. The normalized spacial score (nSPS) is 10.3. The van der Waals surface area contributed by atoms with Gasteiger partial charge in [0.25, 0.3) is 0 Å². The molecule has 13 heteroatoms. The molecule has 4 aromatic rings. The maximum atomic E-state index is 12.4. The monoisotopic (exact) mass is 716 g/mol. The molecular weight excluding hydrogens is 686 g/mol. The average molecular weight is 718 g/mol. The average Bonchev–Trinajstić information content (AvgIpc) is 3.00. The van der Waals surface area contributed by atoms with Crippen LogP contribution in [0, 0.1) is 0 Å². The van der Waals surface area contributed by atoms with E-state index in [0.29, 0.717) is 59.6 Å². The number of carboxylic acids is 1. The fourth-order valence-electron chi connectivity index (χ4n) is 5.21. The molecule has 0 fully saturated rings. The Balaban J connectivity index is 0.00000192. The largest absolute Gasteiger partial charge is 0.508 e. The highest BCUT2D eigenvalue weighted by Gasteiger charge is 2.22. The molecule has 0 saturated heterocycles. The van der Waals surface area contributed by atoms with E-state index in [1.807, 2.05) is 36.4 Å². The molecule has 0 radical (unpaired) electrons. The first-order valence-corrected chi connectivity index (χ1v) is 13.8. The third kappa shape index (κ3) is 9.12. The Hall–Kier alpha value is -4.38. The number of halogens is 4. The highest BCUT2D eigenvalue weighted by molar-refractivity contribution is 6.08. The number of nitrogens with one attached hydrogen (secondary N) is 1. The van der Waals surface area contributed by atoms with Crippen LogP contribution < -0.4 is 10.7 Å². The summed E-state index contributed by atoms with van der Waals surface area (Å²) in [7, 11) is 0. The van der Waals surface area contributed by atoms with Gasteiger partial charge in [-0.15, -0.1) is 49.6 Å². The van der Waals surface area contributed by atoms with E-state index in [0.717, 1.165) is 17.1 Å². The number of aromatic nitrogens is 2. The van der Waals surface area contributed by atoms with Gasteiger partial charge in [-0.3, -0.25) is 19.7 Å². The van der Waals surface area contributed by atoms with Gasteiger partial charge in [-0.2, -0.15) is 0 Å². The van der Waals surface area contributed by atoms with Crippen LogP contribution in [0.3, 0.4) is 0 Å². The molecule has 0 atom stereocenters. The number of rotatable bonds is 10. The van der Waals surface area contributed by atoms with Crippen LogP contribution in [0.4, 0.5) is 5.69 Å². The number of anilines is 1. The number of aromatic carboxylic acids is 1. The Morgan fingerprint density at radius 3 is 2.09 bits per heavy atom. The lowest BCUT2D eigenvalue weighted by Gasteiger charge is -2.22. The molecule has 2 aromatic heterocycles. The minimum absolute atomic E-state index is 0. The number of carbonyl (C=O) groups is 1. The highest BCUT2D eigenvalue weighted by atomic mass is 35.5. The molecule has 3 heterocycles. The highest BCUT2D eigenvalue weighted by Crippen LogP contribution is 2.42. The van der Waals surface area contributed by atoms with E-state index in [2.05, 4.69) is 20.2 Å². The predicted molar refractivity (Wildman–Crippen MR) is 193 cm³/mol. The number of benzene rings is 3. The van der Waals surface area contributed by atoms with Gasteiger partial charge in [0.15, 0.2) is 5.43 Å². The summed E-state index contributed by atoms with van der Waals surface area (Å²) in [6, 6.07) is 25.9. The molecule has 9 nitrogen and oxygen atoms in total. The summed E-state index contributed by atoms with van der Waals surface area (Å²) in [5, 5.41) is 24.3. The van der Waals surface area contributed by atoms with Gasteiger partial charge in [0, 0.05) is 72.9 Å². The van der Waals surface area contributed by atoms with Crippen molar-refractivity contribution in [1.29, 1.82) is 0 Å². The minimum Gasteiger partial charge on any atom is -0.508 e. The molecule has 0 spiro atoms. The molecule has 246 valence electrons. The summed E-state index contributed by atoms with van der Waals surface area (Å²) in [6.07, 6.45) is 3.56. The maximum Gasteiger partial charge on any atom is 0.336 e. The second kappa shape index (κ2) is 17.5. The lowest BCUT2D eigenvalue weighted by molar-refractivity contribution is 0.0697. The van der Waals surface area contributed by atoms with Gasteiger partial charge in [0.2, 0.25) is 0 Å². The summed E-state index contributed by atoms with van der Waals surface area (Å²) in [4.78, 5) is 35.7. The zero-order valence-corrected chi connectivity index (χ0v) is 28.0. The van der Waals surface area contributed by atoms with E-state index < -0.39 is 5.97 Å². The topological polar surface area (TPSA) is 129 Å². The van der Waals surface area contributed by atoms with Crippen LogP contribution >= 0.6 is 49.6 Å². The number of fused-ring (bicyclic) bond motifs is 2. The summed E-state index contributed by atoms with van der Waals surface area (Å²) < 4.78 is 5.95. The molecule has 1 aliphatic heterocycles. The van der Waals surface area contributed by atoms with Crippen molar-refractivity contribution in [2.75, 3.05) is 18.4 Å². The third-order valence-electron chi connectivity index (χ3n) is 7.18. The minimum atomic E-state index is -1.08. The molecule has 2 aliphatic rings. The lowest BCUT2D eigenvalue weighted by atomic mass is 9.90. The summed E-state index contributed by atoms with van der Waals surface area (Å²) in [5.74, 6) is -0.788. The van der Waals surface area contributed by atoms with Crippen LogP contribution in [0.2, 0.25) is 0 Å². The Morgan fingerprint density at radius 1 is 0.787 bits per heavy atom. The Labute approximate surface area is 295 Å². The fraction of sp³-hybridized carbons (Fsp3) is 0.118. The van der Waals surface area contributed by atoms with Gasteiger partial charge in [-0.05, 0) is 72.3 Å². The van der Waals surface area contributed by atoms with Crippen LogP contribution in [0.25, 0.3) is 33.4 Å². The molecule has 2 aromatic carbocycles. The van der Waals surface area contributed by atoms with Gasteiger partial charge in [0.05, 0.1) is 17.0 Å². The van der Waals surface area contributed by atoms with Crippen LogP contribution in [0.5, 0.6) is 5.75 Å². The van der Waals surface area contributed by atoms with E-state index in [1.54, 1.807) is 42.7 Å². The number of phenols is 1. The first-order chi connectivity index (χ1) is 20.9. The number of nitrogens with zero attached hydrogens (tertiary/aromatic N) is 3. The second-order valence-corrected chi connectivity index (χ2v) is 10.2. The fourth-order valence-corrected chi connectivity index (χ4v) is 5.21. The van der Waals surface area contributed by atoms with Crippen LogP contribution in [-0.2, 0) is 13.1 Å². The SMILES string of the molecule is Cl.Cl.Cl.Cl.O=C(O)c1ccc(NCCN(Cc2ccccn2)Cc2ccccn2)cc1-c1c2ccc(=O)cc-2oc2cc(O)ccc12. The number of hydrogen-bond donors (Lipinski definition) is 3. The van der Waals surface area contributed by atoms with Gasteiger partial charge in [0.1, 0.15) is 17.1 Å². The van der Waals surface area contributed by atoms with Crippen molar-refractivity contribution in [3.8, 4) is 28.2 Å². The first kappa shape index (κ1) is 38.8. The molecule has 3 N–H and O–H groups in total. The number of phenolic OH excluding ortho intramolecular Hbond substituents is 1. The van der Waals surface area contributed by atoms with E-state index in [-0.39, 0.29) is 66.4 Å². The molecular formula is C34H32Cl4N4O5. The number of aromatic hydroxyl groups is 1. The van der Waals surface area contributed by atoms with Crippen LogP contribution in [0.1, 0.15) is 21.7 Å². The van der Waals surface area contributed by atoms with Crippen molar-refractivity contribution in [3.05, 3.63) is 131 Å². The molecule has 0 bridgehead atoms. The molecule has 0 saturated carbocycles. The maximum absolute atomic E-state index is 12.4. The van der Waals surface area contributed by atoms with Gasteiger partial charge < -0.3 is 19.9 Å². The smallest absolute Gasteiger partial charge is 0.336 e. The van der Waals surface area contributed by atoms with E-state index in [1.165, 1.54) is 24.3 Å². The molecule has 0 amide bonds. The summed E-state index contributed by atoms with van der Waals surface area (Å²) in [5.41, 5.74) is 4.49. The Kier molecular flexibility index (Phi) is 14.5. The second-order valence-electron chi connectivity index (χ2n) is 10.2. The Bertz CT molecular complexity index is 1900. The zero-order chi connectivity index (χ0) is 29.8. The molecule has 6 rings (SSSR count). The Morgan fingerprint density at radius 2 is 1.47 bits per heavy atom. The van der Waals surface area contributed by atoms with Crippen LogP contribution in [0.15, 0.2) is 113 Å². The molecule has 1 aliphatic carbocycles.